The van der Waals surface area contributed by atoms with Crippen molar-refractivity contribution in [3.05, 3.63) is 23.8 Å². The molecule has 0 radical (unpaired) electrons. The van der Waals surface area contributed by atoms with E-state index in [2.05, 4.69) is 15.1 Å². The van der Waals surface area contributed by atoms with Crippen molar-refractivity contribution in [3.63, 3.8) is 0 Å². The highest BCUT2D eigenvalue weighted by Gasteiger charge is 2.36. The molecule has 1 atom stereocenters. The topological polar surface area (TPSA) is 69.1 Å². The zero-order valence-corrected chi connectivity index (χ0v) is 9.65. The predicted octanol–water partition coefficient (Wildman–Crippen LogP) is 1.60. The number of fused-ring (bicyclic) bond motifs is 1. The highest BCUT2D eigenvalue weighted by atomic mass is 19.4. The Bertz CT molecular complexity index is 548. The van der Waals surface area contributed by atoms with Crippen molar-refractivity contribution in [1.82, 2.24) is 19.6 Å². The van der Waals surface area contributed by atoms with E-state index in [9.17, 15) is 13.2 Å². The van der Waals surface area contributed by atoms with Gasteiger partial charge >= 0.3 is 6.18 Å². The highest BCUT2D eigenvalue weighted by molar-refractivity contribution is 5.29. The zero-order valence-electron chi connectivity index (χ0n) is 9.65. The number of hydrogen-bond acceptors (Lipinski definition) is 4. The number of nitrogens with zero attached hydrogens (tertiary/aromatic N) is 4. The maximum atomic E-state index is 12.4. The second kappa shape index (κ2) is 4.52. The number of halogens is 3. The van der Waals surface area contributed by atoms with Crippen LogP contribution in [-0.4, -0.2) is 26.1 Å². The fraction of sp³-hybridized carbons (Fsp3) is 0.500. The van der Waals surface area contributed by atoms with Crippen LogP contribution in [0.1, 0.15) is 30.7 Å². The summed E-state index contributed by atoms with van der Waals surface area (Å²) >= 11 is 0. The largest absolute Gasteiger partial charge is 0.453 e. The molecule has 0 fully saturated rings. The summed E-state index contributed by atoms with van der Waals surface area (Å²) in [5, 5.41) is 3.37. The normalized spacial score (nSPS) is 14.1. The monoisotopic (exact) mass is 259 g/mol. The van der Waals surface area contributed by atoms with E-state index in [4.69, 9.17) is 5.73 Å². The van der Waals surface area contributed by atoms with Gasteiger partial charge in [0.15, 0.2) is 0 Å². The molecule has 2 heterocycles. The minimum absolute atomic E-state index is 0.0639. The Morgan fingerprint density at radius 1 is 1.44 bits per heavy atom. The molecule has 0 aliphatic rings. The van der Waals surface area contributed by atoms with Crippen molar-refractivity contribution in [2.45, 2.75) is 25.4 Å². The third kappa shape index (κ3) is 2.42. The molecule has 8 heteroatoms. The van der Waals surface area contributed by atoms with Crippen LogP contribution < -0.4 is 5.73 Å². The Labute approximate surface area is 101 Å². The average molecular weight is 259 g/mol. The Morgan fingerprint density at radius 2 is 2.17 bits per heavy atom. The number of rotatable bonds is 3. The fourth-order valence-electron chi connectivity index (χ4n) is 1.59. The van der Waals surface area contributed by atoms with Crippen LogP contribution in [0, 0.1) is 0 Å². The van der Waals surface area contributed by atoms with E-state index in [-0.39, 0.29) is 11.7 Å². The van der Waals surface area contributed by atoms with Crippen molar-refractivity contribution >= 4 is 5.78 Å². The average Bonchev–Trinajstić information content (AvgIpc) is 2.71. The van der Waals surface area contributed by atoms with Crippen molar-refractivity contribution in [3.8, 4) is 0 Å². The van der Waals surface area contributed by atoms with E-state index in [0.29, 0.717) is 6.54 Å². The van der Waals surface area contributed by atoms with Crippen molar-refractivity contribution < 1.29 is 13.2 Å². The number of hydrogen-bond donors (Lipinski definition) is 1. The zero-order chi connectivity index (χ0) is 13.3. The first-order valence-electron chi connectivity index (χ1n) is 5.41. The molecule has 0 saturated heterocycles. The van der Waals surface area contributed by atoms with E-state index in [1.807, 2.05) is 6.92 Å². The maximum absolute atomic E-state index is 12.4. The summed E-state index contributed by atoms with van der Waals surface area (Å²) in [4.78, 5) is 7.19. The quantitative estimate of drug-likeness (QED) is 0.908. The van der Waals surface area contributed by atoms with Gasteiger partial charge in [-0.2, -0.15) is 18.2 Å². The summed E-state index contributed by atoms with van der Waals surface area (Å²) in [7, 11) is 0. The van der Waals surface area contributed by atoms with Gasteiger partial charge < -0.3 is 5.73 Å². The molecule has 0 aliphatic heterocycles. The van der Waals surface area contributed by atoms with Gasteiger partial charge in [-0.3, -0.25) is 0 Å². The fourth-order valence-corrected chi connectivity index (χ4v) is 1.59. The molecular weight excluding hydrogens is 247 g/mol. The molecule has 98 valence electrons. The van der Waals surface area contributed by atoms with Gasteiger partial charge in [0.05, 0.1) is 0 Å². The van der Waals surface area contributed by atoms with E-state index in [0.717, 1.165) is 16.5 Å². The molecular formula is C10H12F3N5. The maximum Gasteiger partial charge on any atom is 0.453 e. The summed E-state index contributed by atoms with van der Waals surface area (Å²) in [6.45, 7) is 2.43. The Morgan fingerprint density at radius 3 is 2.78 bits per heavy atom. The lowest BCUT2D eigenvalue weighted by Gasteiger charge is -2.08. The van der Waals surface area contributed by atoms with Gasteiger partial charge in [0.2, 0.25) is 0 Å². The van der Waals surface area contributed by atoms with Crippen LogP contribution in [0.5, 0.6) is 0 Å². The van der Waals surface area contributed by atoms with Gasteiger partial charge in [-0.25, -0.2) is 9.50 Å². The number of alkyl halides is 3. The van der Waals surface area contributed by atoms with Crippen LogP contribution in [0.2, 0.25) is 0 Å². The molecule has 2 rings (SSSR count). The SMILES string of the molecule is CC(CCN)c1cnc2nc(C(F)(F)F)nn2c1. The van der Waals surface area contributed by atoms with E-state index in [1.54, 1.807) is 0 Å². The Hall–Kier alpha value is -1.70. The third-order valence-electron chi connectivity index (χ3n) is 2.64. The highest BCUT2D eigenvalue weighted by Crippen LogP contribution is 2.26. The summed E-state index contributed by atoms with van der Waals surface area (Å²) < 4.78 is 38.3. The molecule has 2 aromatic heterocycles. The smallest absolute Gasteiger partial charge is 0.330 e. The van der Waals surface area contributed by atoms with E-state index in [1.165, 1.54) is 12.4 Å². The second-order valence-corrected chi connectivity index (χ2v) is 4.04. The van der Waals surface area contributed by atoms with Gasteiger partial charge in [0, 0.05) is 12.4 Å². The van der Waals surface area contributed by atoms with Crippen molar-refractivity contribution in [2.75, 3.05) is 6.54 Å². The van der Waals surface area contributed by atoms with E-state index >= 15 is 0 Å². The lowest BCUT2D eigenvalue weighted by molar-refractivity contribution is -0.144. The van der Waals surface area contributed by atoms with Crippen molar-refractivity contribution in [1.29, 1.82) is 0 Å². The van der Waals surface area contributed by atoms with Crippen LogP contribution in [0.25, 0.3) is 5.78 Å². The third-order valence-corrected chi connectivity index (χ3v) is 2.64. The minimum Gasteiger partial charge on any atom is -0.330 e. The van der Waals surface area contributed by atoms with Gasteiger partial charge in [0.1, 0.15) is 0 Å². The van der Waals surface area contributed by atoms with Crippen LogP contribution in [0.4, 0.5) is 13.2 Å². The standard InChI is InChI=1S/C10H12F3N5/c1-6(2-3-14)7-4-15-9-16-8(10(11,12)13)17-18(9)5-7/h4-6H,2-3,14H2,1H3. The summed E-state index contributed by atoms with van der Waals surface area (Å²) in [5.74, 6) is -1.13. The summed E-state index contributed by atoms with van der Waals surface area (Å²) in [5.41, 5.74) is 6.22. The molecule has 18 heavy (non-hydrogen) atoms. The molecule has 0 spiro atoms. The molecule has 0 amide bonds. The van der Waals surface area contributed by atoms with Crippen LogP contribution in [-0.2, 0) is 6.18 Å². The molecule has 2 N–H and O–H groups in total. The van der Waals surface area contributed by atoms with Gasteiger partial charge in [-0.1, -0.05) is 6.92 Å². The van der Waals surface area contributed by atoms with Crippen LogP contribution in [0.3, 0.4) is 0 Å². The molecule has 0 aliphatic carbocycles. The number of aromatic nitrogens is 4. The van der Waals surface area contributed by atoms with Crippen LogP contribution in [0.15, 0.2) is 12.4 Å². The molecule has 0 bridgehead atoms. The molecule has 1 unspecified atom stereocenters. The predicted molar refractivity (Wildman–Crippen MR) is 57.9 cm³/mol. The Balaban J connectivity index is 2.40. The first kappa shape index (κ1) is 12.7. The molecule has 2 aromatic rings. The first-order chi connectivity index (χ1) is 8.41. The Kier molecular flexibility index (Phi) is 3.20. The summed E-state index contributed by atoms with van der Waals surface area (Å²) in [6, 6.07) is 0. The molecule has 0 aromatic carbocycles. The second-order valence-electron chi connectivity index (χ2n) is 4.04. The lowest BCUT2D eigenvalue weighted by Crippen LogP contribution is -2.08. The van der Waals surface area contributed by atoms with E-state index < -0.39 is 12.0 Å². The summed E-state index contributed by atoms with van der Waals surface area (Å²) in [6.07, 6.45) is -0.819. The van der Waals surface area contributed by atoms with Crippen LogP contribution >= 0.6 is 0 Å². The molecule has 0 saturated carbocycles. The first-order valence-corrected chi connectivity index (χ1v) is 5.41. The van der Waals surface area contributed by atoms with Gasteiger partial charge in [0.25, 0.3) is 11.6 Å². The minimum atomic E-state index is -4.56. The van der Waals surface area contributed by atoms with Gasteiger partial charge in [-0.15, -0.1) is 5.10 Å². The van der Waals surface area contributed by atoms with Gasteiger partial charge in [-0.05, 0) is 24.4 Å². The van der Waals surface area contributed by atoms with Crippen molar-refractivity contribution in [2.24, 2.45) is 5.73 Å². The lowest BCUT2D eigenvalue weighted by atomic mass is 10.0. The molecule has 5 nitrogen and oxygen atoms in total. The number of nitrogens with two attached hydrogens (primary N) is 1.